The van der Waals surface area contributed by atoms with Crippen LogP contribution in [0.3, 0.4) is 0 Å². The summed E-state index contributed by atoms with van der Waals surface area (Å²) in [6.07, 6.45) is -1.01. The van der Waals surface area contributed by atoms with Crippen molar-refractivity contribution in [2.45, 2.75) is 39.2 Å². The summed E-state index contributed by atoms with van der Waals surface area (Å²) in [6.45, 7) is 7.97. The molecule has 0 spiro atoms. The van der Waals surface area contributed by atoms with Crippen LogP contribution in [0.1, 0.15) is 33.3 Å². The summed E-state index contributed by atoms with van der Waals surface area (Å²) < 4.78 is 22.7. The maximum Gasteiger partial charge on any atom is 0.265 e. The number of rotatable bonds is 7. The lowest BCUT2D eigenvalue weighted by Gasteiger charge is -2.20. The van der Waals surface area contributed by atoms with Crippen LogP contribution in [0.5, 0.6) is 17.2 Å². The first-order chi connectivity index (χ1) is 17.6. The molecule has 4 rings (SSSR count). The molecule has 37 heavy (non-hydrogen) atoms. The van der Waals surface area contributed by atoms with Crippen LogP contribution in [0.15, 0.2) is 75.9 Å². The average Bonchev–Trinajstić information content (AvgIpc) is 2.89. The Morgan fingerprint density at radius 3 is 2.30 bits per heavy atom. The van der Waals surface area contributed by atoms with Crippen LogP contribution in [0, 0.1) is 0 Å². The number of fused-ring (bicyclic) bond motifs is 1. The molecule has 0 aliphatic rings. The zero-order chi connectivity index (χ0) is 26.7. The molecule has 1 heterocycles. The lowest BCUT2D eigenvalue weighted by atomic mass is 9.86. The first-order valence-corrected chi connectivity index (χ1v) is 12.0. The van der Waals surface area contributed by atoms with Crippen molar-refractivity contribution in [2.24, 2.45) is 0 Å². The Bertz CT molecular complexity index is 1480. The summed E-state index contributed by atoms with van der Waals surface area (Å²) in [6, 6.07) is 19.8. The van der Waals surface area contributed by atoms with Crippen molar-refractivity contribution in [3.63, 3.8) is 0 Å². The van der Waals surface area contributed by atoms with Crippen LogP contribution in [-0.2, 0) is 10.2 Å². The molecule has 0 aliphatic heterocycles. The summed E-state index contributed by atoms with van der Waals surface area (Å²) >= 11 is 0. The van der Waals surface area contributed by atoms with E-state index in [2.05, 4.69) is 26.1 Å². The zero-order valence-electron chi connectivity index (χ0n) is 21.9. The summed E-state index contributed by atoms with van der Waals surface area (Å²) in [7, 11) is 3.05. The Hall–Kier alpha value is -4.26. The molecule has 192 valence electrons. The Labute approximate surface area is 216 Å². The van der Waals surface area contributed by atoms with Gasteiger partial charge in [-0.15, -0.1) is 0 Å². The van der Waals surface area contributed by atoms with E-state index in [0.717, 1.165) is 5.56 Å². The van der Waals surface area contributed by atoms with Crippen molar-refractivity contribution in [3.05, 3.63) is 82.5 Å². The predicted molar refractivity (Wildman–Crippen MR) is 145 cm³/mol. The third-order valence-corrected chi connectivity index (χ3v) is 6.10. The molecule has 1 N–H and O–H groups in total. The molecule has 0 bridgehead atoms. The van der Waals surface area contributed by atoms with Gasteiger partial charge in [-0.25, -0.2) is 0 Å². The lowest BCUT2D eigenvalue weighted by Crippen LogP contribution is -2.32. The quantitative estimate of drug-likeness (QED) is 0.325. The minimum absolute atomic E-state index is 0.0217. The van der Waals surface area contributed by atoms with E-state index in [1.165, 1.54) is 7.11 Å². The molecule has 0 fully saturated rings. The molecular weight excluding hydrogens is 470 g/mol. The van der Waals surface area contributed by atoms with Gasteiger partial charge in [0.05, 0.1) is 25.3 Å². The fourth-order valence-electron chi connectivity index (χ4n) is 3.91. The Kier molecular flexibility index (Phi) is 7.25. The summed E-state index contributed by atoms with van der Waals surface area (Å²) in [5, 5.41) is 3.17. The van der Waals surface area contributed by atoms with Gasteiger partial charge in [-0.1, -0.05) is 57.2 Å². The van der Waals surface area contributed by atoms with Crippen LogP contribution in [0.25, 0.3) is 22.3 Å². The van der Waals surface area contributed by atoms with Gasteiger partial charge in [0.2, 0.25) is 11.2 Å². The molecule has 1 unspecified atom stereocenters. The number of carbonyl (C=O) groups excluding carboxylic acids is 1. The number of anilines is 1. The van der Waals surface area contributed by atoms with Crippen molar-refractivity contribution < 1.29 is 23.4 Å². The highest BCUT2D eigenvalue weighted by molar-refractivity contribution is 5.95. The van der Waals surface area contributed by atoms with E-state index in [1.54, 1.807) is 56.5 Å². The highest BCUT2D eigenvalue weighted by Gasteiger charge is 2.24. The summed E-state index contributed by atoms with van der Waals surface area (Å²) in [5.74, 6) is 0.822. The first kappa shape index (κ1) is 25.8. The van der Waals surface area contributed by atoms with Gasteiger partial charge in [0.15, 0.2) is 11.9 Å². The molecule has 0 saturated heterocycles. The number of benzene rings is 3. The van der Waals surface area contributed by atoms with Gasteiger partial charge in [0.25, 0.3) is 5.91 Å². The molecule has 7 heteroatoms. The van der Waals surface area contributed by atoms with Gasteiger partial charge in [-0.05, 0) is 42.2 Å². The molecular formula is C30H31NO6. The second kappa shape index (κ2) is 10.4. The van der Waals surface area contributed by atoms with Crippen LogP contribution in [-0.4, -0.2) is 26.2 Å². The second-order valence-corrected chi connectivity index (χ2v) is 9.73. The normalized spacial score (nSPS) is 12.2. The minimum Gasteiger partial charge on any atom is -0.497 e. The second-order valence-electron chi connectivity index (χ2n) is 9.73. The standard InChI is InChI=1S/C30H31NO6/c1-18(29(33)31-23-16-15-21(34-5)17-25(23)35-6)36-28-26(32)22-9-7-8-10-24(22)37-27(28)19-11-13-20(14-12-19)30(2,3)4/h7-18H,1-6H3,(H,31,33). The molecule has 4 aromatic rings. The Balaban J connectivity index is 1.70. The van der Waals surface area contributed by atoms with Crippen molar-refractivity contribution in [3.8, 4) is 28.6 Å². The number of para-hydroxylation sites is 1. The molecule has 1 amide bonds. The van der Waals surface area contributed by atoms with E-state index < -0.39 is 12.0 Å². The predicted octanol–water partition coefficient (Wildman–Crippen LogP) is 6.18. The average molecular weight is 502 g/mol. The molecule has 1 aromatic heterocycles. The van der Waals surface area contributed by atoms with Crippen LogP contribution < -0.4 is 25.0 Å². The van der Waals surface area contributed by atoms with Crippen LogP contribution >= 0.6 is 0 Å². The molecule has 1 atom stereocenters. The third kappa shape index (κ3) is 5.45. The fourth-order valence-corrected chi connectivity index (χ4v) is 3.91. The van der Waals surface area contributed by atoms with Gasteiger partial charge in [-0.3, -0.25) is 9.59 Å². The molecule has 7 nitrogen and oxygen atoms in total. The van der Waals surface area contributed by atoms with Gasteiger partial charge >= 0.3 is 0 Å². The van der Waals surface area contributed by atoms with E-state index >= 15 is 0 Å². The Morgan fingerprint density at radius 2 is 1.65 bits per heavy atom. The van der Waals surface area contributed by atoms with Crippen molar-refractivity contribution in [2.75, 3.05) is 19.5 Å². The number of ether oxygens (including phenoxy) is 3. The van der Waals surface area contributed by atoms with Crippen LogP contribution in [0.2, 0.25) is 0 Å². The number of hydrogen-bond donors (Lipinski definition) is 1. The number of amides is 1. The number of hydrogen-bond acceptors (Lipinski definition) is 6. The van der Waals surface area contributed by atoms with E-state index in [1.807, 2.05) is 24.3 Å². The van der Waals surface area contributed by atoms with Gasteiger partial charge in [0, 0.05) is 11.6 Å². The molecule has 0 aliphatic carbocycles. The first-order valence-electron chi connectivity index (χ1n) is 12.0. The lowest BCUT2D eigenvalue weighted by molar-refractivity contribution is -0.122. The Morgan fingerprint density at radius 1 is 0.946 bits per heavy atom. The fraction of sp³-hybridized carbons (Fsp3) is 0.267. The van der Waals surface area contributed by atoms with Gasteiger partial charge in [0.1, 0.15) is 17.1 Å². The number of methoxy groups -OCH3 is 2. The monoisotopic (exact) mass is 501 g/mol. The summed E-state index contributed by atoms with van der Waals surface area (Å²) in [4.78, 5) is 26.5. The molecule has 0 saturated carbocycles. The smallest absolute Gasteiger partial charge is 0.265 e. The van der Waals surface area contributed by atoms with Gasteiger partial charge in [-0.2, -0.15) is 0 Å². The van der Waals surface area contributed by atoms with Gasteiger partial charge < -0.3 is 23.9 Å². The number of nitrogens with one attached hydrogen (secondary N) is 1. The van der Waals surface area contributed by atoms with E-state index in [4.69, 9.17) is 18.6 Å². The van der Waals surface area contributed by atoms with Crippen molar-refractivity contribution >= 4 is 22.6 Å². The van der Waals surface area contributed by atoms with E-state index in [9.17, 15) is 9.59 Å². The van der Waals surface area contributed by atoms with Crippen molar-refractivity contribution in [1.29, 1.82) is 0 Å². The third-order valence-electron chi connectivity index (χ3n) is 6.10. The maximum absolute atomic E-state index is 13.5. The molecule has 0 radical (unpaired) electrons. The minimum atomic E-state index is -1.01. The van der Waals surface area contributed by atoms with E-state index in [0.29, 0.717) is 33.7 Å². The highest BCUT2D eigenvalue weighted by atomic mass is 16.5. The topological polar surface area (TPSA) is 87.0 Å². The van der Waals surface area contributed by atoms with Crippen molar-refractivity contribution in [1.82, 2.24) is 0 Å². The van der Waals surface area contributed by atoms with Crippen LogP contribution in [0.4, 0.5) is 5.69 Å². The largest absolute Gasteiger partial charge is 0.497 e. The van der Waals surface area contributed by atoms with E-state index in [-0.39, 0.29) is 22.4 Å². The SMILES string of the molecule is COc1ccc(NC(=O)C(C)Oc2c(-c3ccc(C(C)(C)C)cc3)oc3ccccc3c2=O)c(OC)c1. The summed E-state index contributed by atoms with van der Waals surface area (Å²) in [5.41, 5.74) is 2.33. The zero-order valence-corrected chi connectivity index (χ0v) is 21.9. The highest BCUT2D eigenvalue weighted by Crippen LogP contribution is 2.34. The number of carbonyl (C=O) groups is 1. The molecule has 3 aromatic carbocycles. The maximum atomic E-state index is 13.5.